The van der Waals surface area contributed by atoms with Gasteiger partial charge in [0.15, 0.2) is 0 Å². The van der Waals surface area contributed by atoms with Crippen molar-refractivity contribution in [3.8, 4) is 0 Å². The van der Waals surface area contributed by atoms with E-state index >= 15 is 0 Å². The predicted octanol–water partition coefficient (Wildman–Crippen LogP) is 3.39. The molecule has 3 heterocycles. The molecule has 1 amide bonds. The van der Waals surface area contributed by atoms with Crippen molar-refractivity contribution in [2.24, 2.45) is 0 Å². The summed E-state index contributed by atoms with van der Waals surface area (Å²) in [5, 5.41) is 5.81. The molecule has 4 rings (SSSR count). The fraction of sp³-hybridized carbons (Fsp3) is 0.500. The molecule has 1 fully saturated rings. The van der Waals surface area contributed by atoms with Gasteiger partial charge < -0.3 is 10.1 Å². The molecule has 144 valence electrons. The van der Waals surface area contributed by atoms with E-state index in [0.29, 0.717) is 23.7 Å². The summed E-state index contributed by atoms with van der Waals surface area (Å²) in [7, 11) is 0. The van der Waals surface area contributed by atoms with Crippen LogP contribution in [0.1, 0.15) is 54.7 Å². The molecule has 0 unspecified atom stereocenters. The second kappa shape index (κ2) is 6.87. The molecule has 7 heteroatoms. The number of nitrogens with one attached hydrogen (secondary N) is 2. The molecule has 2 N–H and O–H groups in total. The van der Waals surface area contributed by atoms with E-state index in [0.717, 1.165) is 18.4 Å². The Morgan fingerprint density at radius 3 is 2.67 bits per heavy atom. The third kappa shape index (κ3) is 3.58. The maximum atomic E-state index is 12.9. The zero-order valence-corrected chi connectivity index (χ0v) is 16.7. The Bertz CT molecular complexity index is 914. The zero-order chi connectivity index (χ0) is 19.2. The molecule has 6 nitrogen and oxygen atoms in total. The molecule has 0 aliphatic carbocycles. The van der Waals surface area contributed by atoms with E-state index < -0.39 is 0 Å². The average Bonchev–Trinajstić information content (AvgIpc) is 2.81. The number of nitrogens with zero attached hydrogens (tertiary/aromatic N) is 1. The first-order valence-electron chi connectivity index (χ1n) is 9.30. The Morgan fingerprint density at radius 2 is 1.96 bits per heavy atom. The van der Waals surface area contributed by atoms with Crippen molar-refractivity contribution in [1.82, 2.24) is 9.78 Å². The standard InChI is InChI=1S/C20H25N3O3S/c1-12-4-6-13(7-5-12)17-16-18(21-15(24)11-27-17)23(22-19(16)25)14-8-9-26-20(2,3)10-14/h4-7,14,17H,8-11H2,1-3H3,(H,21,24)(H,22,25)/t14-,17+/m0/s1. The van der Waals surface area contributed by atoms with E-state index in [2.05, 4.69) is 24.3 Å². The van der Waals surface area contributed by atoms with Crippen LogP contribution >= 0.6 is 11.8 Å². The summed E-state index contributed by atoms with van der Waals surface area (Å²) in [4.78, 5) is 25.3. The number of carbonyl (C=O) groups excluding carboxylic acids is 1. The zero-order valence-electron chi connectivity index (χ0n) is 15.9. The van der Waals surface area contributed by atoms with Crippen LogP contribution in [0.25, 0.3) is 0 Å². The number of rotatable bonds is 2. The summed E-state index contributed by atoms with van der Waals surface area (Å²) in [6, 6.07) is 8.26. The van der Waals surface area contributed by atoms with Gasteiger partial charge in [0.05, 0.1) is 28.2 Å². The summed E-state index contributed by atoms with van der Waals surface area (Å²) < 4.78 is 7.69. The number of fused-ring (bicyclic) bond motifs is 1. The van der Waals surface area contributed by atoms with Gasteiger partial charge in [-0.3, -0.25) is 19.4 Å². The number of ether oxygens (including phenoxy) is 1. The summed E-state index contributed by atoms with van der Waals surface area (Å²) in [5.41, 5.74) is 2.46. The van der Waals surface area contributed by atoms with Gasteiger partial charge in [-0.25, -0.2) is 0 Å². The molecular formula is C20H25N3O3S. The molecule has 1 aromatic heterocycles. The Hall–Kier alpha value is -1.99. The molecule has 27 heavy (non-hydrogen) atoms. The molecule has 2 aliphatic heterocycles. The van der Waals surface area contributed by atoms with Crippen LogP contribution in [0.5, 0.6) is 0 Å². The van der Waals surface area contributed by atoms with E-state index in [-0.39, 0.29) is 28.4 Å². The molecule has 0 radical (unpaired) electrons. The van der Waals surface area contributed by atoms with Gasteiger partial charge in [0, 0.05) is 6.61 Å². The molecule has 2 atom stereocenters. The highest BCUT2D eigenvalue weighted by Crippen LogP contribution is 2.42. The molecule has 2 aliphatic rings. The molecule has 2 aromatic rings. The maximum Gasteiger partial charge on any atom is 0.270 e. The SMILES string of the molecule is Cc1ccc([C@H]2SCC(=O)Nc3c2c(=O)[nH]n3[C@H]2CCOC(C)(C)C2)cc1. The summed E-state index contributed by atoms with van der Waals surface area (Å²) >= 11 is 1.50. The van der Waals surface area contributed by atoms with Gasteiger partial charge in [-0.1, -0.05) is 29.8 Å². The lowest BCUT2D eigenvalue weighted by molar-refractivity contribution is -0.113. The number of amides is 1. The number of benzene rings is 1. The maximum absolute atomic E-state index is 12.9. The number of aromatic nitrogens is 2. The van der Waals surface area contributed by atoms with Gasteiger partial charge in [0.2, 0.25) is 5.91 Å². The van der Waals surface area contributed by atoms with E-state index in [1.54, 1.807) is 0 Å². The quantitative estimate of drug-likeness (QED) is 0.828. The van der Waals surface area contributed by atoms with Crippen LogP contribution in [0, 0.1) is 6.92 Å². The summed E-state index contributed by atoms with van der Waals surface area (Å²) in [6.07, 6.45) is 1.58. The van der Waals surface area contributed by atoms with E-state index in [9.17, 15) is 9.59 Å². The van der Waals surface area contributed by atoms with E-state index in [1.165, 1.54) is 17.3 Å². The van der Waals surface area contributed by atoms with Crippen LogP contribution in [0.15, 0.2) is 29.1 Å². The van der Waals surface area contributed by atoms with Crippen LogP contribution in [-0.2, 0) is 9.53 Å². The lowest BCUT2D eigenvalue weighted by Crippen LogP contribution is -2.36. The van der Waals surface area contributed by atoms with Crippen LogP contribution in [-0.4, -0.2) is 33.6 Å². The fourth-order valence-electron chi connectivity index (χ4n) is 3.94. The van der Waals surface area contributed by atoms with Gasteiger partial charge in [0.1, 0.15) is 5.82 Å². The molecule has 1 aromatic carbocycles. The number of thioether (sulfide) groups is 1. The highest BCUT2D eigenvalue weighted by molar-refractivity contribution is 8.00. The second-order valence-electron chi connectivity index (χ2n) is 7.98. The fourth-order valence-corrected chi connectivity index (χ4v) is 5.07. The van der Waals surface area contributed by atoms with Crippen LogP contribution in [0.4, 0.5) is 5.82 Å². The first kappa shape index (κ1) is 18.4. The van der Waals surface area contributed by atoms with Gasteiger partial charge >= 0.3 is 0 Å². The number of aryl methyl sites for hydroxylation is 1. The third-order valence-corrected chi connectivity index (χ3v) is 6.55. The van der Waals surface area contributed by atoms with E-state index in [1.807, 2.05) is 35.9 Å². The molecular weight excluding hydrogens is 362 g/mol. The number of hydrogen-bond donors (Lipinski definition) is 2. The van der Waals surface area contributed by atoms with Crippen LogP contribution in [0.3, 0.4) is 0 Å². The lowest BCUT2D eigenvalue weighted by Gasteiger charge is -2.36. The van der Waals surface area contributed by atoms with Crippen LogP contribution < -0.4 is 10.9 Å². The van der Waals surface area contributed by atoms with Gasteiger partial charge in [0.25, 0.3) is 5.56 Å². The largest absolute Gasteiger partial charge is 0.375 e. The molecule has 0 spiro atoms. The van der Waals surface area contributed by atoms with Crippen molar-refractivity contribution in [2.45, 2.75) is 50.5 Å². The first-order valence-corrected chi connectivity index (χ1v) is 10.4. The van der Waals surface area contributed by atoms with Crippen molar-refractivity contribution in [1.29, 1.82) is 0 Å². The second-order valence-corrected chi connectivity index (χ2v) is 9.07. The van der Waals surface area contributed by atoms with Gasteiger partial charge in [-0.05, 0) is 39.2 Å². The Morgan fingerprint density at radius 1 is 1.22 bits per heavy atom. The monoisotopic (exact) mass is 387 g/mol. The number of hydrogen-bond acceptors (Lipinski definition) is 4. The van der Waals surface area contributed by atoms with Crippen molar-refractivity contribution < 1.29 is 9.53 Å². The van der Waals surface area contributed by atoms with E-state index in [4.69, 9.17) is 4.74 Å². The normalized spacial score (nSPS) is 24.8. The van der Waals surface area contributed by atoms with Crippen molar-refractivity contribution >= 4 is 23.5 Å². The van der Waals surface area contributed by atoms with Crippen molar-refractivity contribution in [3.63, 3.8) is 0 Å². The molecule has 1 saturated heterocycles. The van der Waals surface area contributed by atoms with Crippen molar-refractivity contribution in [3.05, 3.63) is 51.3 Å². The number of carbonyl (C=O) groups is 1. The molecule has 0 saturated carbocycles. The first-order chi connectivity index (χ1) is 12.8. The minimum Gasteiger partial charge on any atom is -0.375 e. The Balaban J connectivity index is 1.80. The highest BCUT2D eigenvalue weighted by Gasteiger charge is 2.35. The minimum absolute atomic E-state index is 0.0741. The van der Waals surface area contributed by atoms with Crippen LogP contribution in [0.2, 0.25) is 0 Å². The molecule has 0 bridgehead atoms. The van der Waals surface area contributed by atoms with Crippen molar-refractivity contribution in [2.75, 3.05) is 17.7 Å². The predicted molar refractivity (Wildman–Crippen MR) is 107 cm³/mol. The third-order valence-electron chi connectivity index (χ3n) is 5.28. The highest BCUT2D eigenvalue weighted by atomic mass is 32.2. The average molecular weight is 388 g/mol. The lowest BCUT2D eigenvalue weighted by atomic mass is 9.94. The number of H-pyrrole nitrogens is 1. The Kier molecular flexibility index (Phi) is 4.68. The number of aromatic amines is 1. The smallest absolute Gasteiger partial charge is 0.270 e. The Labute approximate surface area is 162 Å². The van der Waals surface area contributed by atoms with Gasteiger partial charge in [-0.2, -0.15) is 0 Å². The topological polar surface area (TPSA) is 76.1 Å². The summed E-state index contributed by atoms with van der Waals surface area (Å²) in [5.74, 6) is 0.865. The van der Waals surface area contributed by atoms with Gasteiger partial charge in [-0.15, -0.1) is 11.8 Å². The summed E-state index contributed by atoms with van der Waals surface area (Å²) in [6.45, 7) is 6.79. The number of anilines is 1. The minimum atomic E-state index is -0.253.